The Kier molecular flexibility index (Phi) is 5.02. The van der Waals surface area contributed by atoms with Crippen LogP contribution in [-0.4, -0.2) is 25.2 Å². The lowest BCUT2D eigenvalue weighted by Gasteiger charge is -2.11. The van der Waals surface area contributed by atoms with Gasteiger partial charge in [-0.1, -0.05) is 15.9 Å². The van der Waals surface area contributed by atoms with Gasteiger partial charge in [0, 0.05) is 22.1 Å². The highest BCUT2D eigenvalue weighted by Gasteiger charge is 2.22. The summed E-state index contributed by atoms with van der Waals surface area (Å²) < 4.78 is 10.3. The Balaban J connectivity index is 1.77. The molecule has 0 bridgehead atoms. The van der Waals surface area contributed by atoms with Gasteiger partial charge in [-0.05, 0) is 63.2 Å². The van der Waals surface area contributed by atoms with Gasteiger partial charge in [0.2, 0.25) is 5.95 Å². The van der Waals surface area contributed by atoms with Crippen molar-refractivity contribution >= 4 is 49.8 Å². The SMILES string of the molecule is CCn1nc(C)cc1C(=O)Nc1nc2cc(C#N)c3oc(C)cc3c2n1-c1ccc(Br)cc1. The number of hydrogen-bond acceptors (Lipinski definition) is 5. The minimum atomic E-state index is -0.314. The van der Waals surface area contributed by atoms with E-state index in [0.717, 1.165) is 26.8 Å². The van der Waals surface area contributed by atoms with E-state index in [1.807, 2.05) is 55.7 Å². The number of anilines is 1. The third-order valence-electron chi connectivity index (χ3n) is 5.41. The maximum absolute atomic E-state index is 13.2. The Morgan fingerprint density at radius 3 is 2.67 bits per heavy atom. The molecule has 0 spiro atoms. The molecular formula is C24H19BrN6O2. The lowest BCUT2D eigenvalue weighted by atomic mass is 10.1. The van der Waals surface area contributed by atoms with Crippen molar-refractivity contribution < 1.29 is 9.21 Å². The van der Waals surface area contributed by atoms with Crippen molar-refractivity contribution in [3.8, 4) is 11.8 Å². The summed E-state index contributed by atoms with van der Waals surface area (Å²) in [5.74, 6) is 0.714. The molecule has 0 atom stereocenters. The number of hydrogen-bond donors (Lipinski definition) is 1. The molecule has 0 unspecified atom stereocenters. The fourth-order valence-corrected chi connectivity index (χ4v) is 4.30. The number of aromatic nitrogens is 4. The second-order valence-electron chi connectivity index (χ2n) is 7.69. The third kappa shape index (κ3) is 3.49. The molecule has 33 heavy (non-hydrogen) atoms. The number of amides is 1. The molecule has 1 N–H and O–H groups in total. The van der Waals surface area contributed by atoms with Crippen molar-refractivity contribution in [2.45, 2.75) is 27.3 Å². The molecule has 5 aromatic rings. The predicted octanol–water partition coefficient (Wildman–Crippen LogP) is 5.49. The zero-order valence-corrected chi connectivity index (χ0v) is 19.8. The number of benzene rings is 2. The zero-order valence-electron chi connectivity index (χ0n) is 18.2. The van der Waals surface area contributed by atoms with Crippen molar-refractivity contribution in [1.29, 1.82) is 5.26 Å². The Bertz CT molecular complexity index is 1580. The summed E-state index contributed by atoms with van der Waals surface area (Å²) in [6, 6.07) is 15.2. The van der Waals surface area contributed by atoms with Crippen LogP contribution in [0.3, 0.4) is 0 Å². The van der Waals surface area contributed by atoms with E-state index in [2.05, 4.69) is 32.4 Å². The smallest absolute Gasteiger partial charge is 0.276 e. The quantitative estimate of drug-likeness (QED) is 0.350. The monoisotopic (exact) mass is 502 g/mol. The molecular weight excluding hydrogens is 484 g/mol. The number of carbonyl (C=O) groups is 1. The van der Waals surface area contributed by atoms with Crippen molar-refractivity contribution in [1.82, 2.24) is 19.3 Å². The Morgan fingerprint density at radius 2 is 1.97 bits per heavy atom. The molecule has 3 heterocycles. The van der Waals surface area contributed by atoms with Gasteiger partial charge in [-0.2, -0.15) is 10.4 Å². The number of rotatable bonds is 4. The van der Waals surface area contributed by atoms with Gasteiger partial charge in [-0.15, -0.1) is 0 Å². The Morgan fingerprint density at radius 1 is 1.21 bits per heavy atom. The molecule has 8 nitrogen and oxygen atoms in total. The van der Waals surface area contributed by atoms with E-state index < -0.39 is 0 Å². The van der Waals surface area contributed by atoms with E-state index in [4.69, 9.17) is 9.40 Å². The number of imidazole rings is 1. The summed E-state index contributed by atoms with van der Waals surface area (Å²) in [5.41, 5.74) is 4.24. The van der Waals surface area contributed by atoms with Crippen molar-refractivity contribution in [2.75, 3.05) is 5.32 Å². The molecule has 5 rings (SSSR count). The number of nitrogens with zero attached hydrogens (tertiary/aromatic N) is 5. The van der Waals surface area contributed by atoms with Crippen LogP contribution in [-0.2, 0) is 6.54 Å². The highest BCUT2D eigenvalue weighted by Crippen LogP contribution is 2.35. The standard InChI is InChI=1S/C24H19BrN6O2/c1-4-30-20(9-13(2)29-30)23(32)28-24-27-19-11-15(12-26)22-18(10-14(3)33-22)21(19)31(24)17-7-5-16(25)6-8-17/h5-11H,4H2,1-3H3,(H,27,28,32). The number of nitrogens with one attached hydrogen (secondary N) is 1. The van der Waals surface area contributed by atoms with Gasteiger partial charge in [0.1, 0.15) is 17.5 Å². The number of nitriles is 1. The van der Waals surface area contributed by atoms with Gasteiger partial charge in [0.25, 0.3) is 5.91 Å². The number of fused-ring (bicyclic) bond motifs is 3. The second-order valence-corrected chi connectivity index (χ2v) is 8.61. The van der Waals surface area contributed by atoms with Crippen LogP contribution < -0.4 is 5.32 Å². The molecule has 0 aliphatic carbocycles. The molecule has 2 aromatic carbocycles. The second kappa shape index (κ2) is 7.90. The van der Waals surface area contributed by atoms with Crippen LogP contribution in [0.1, 0.15) is 34.4 Å². The summed E-state index contributed by atoms with van der Waals surface area (Å²) in [7, 11) is 0. The van der Waals surface area contributed by atoms with Crippen molar-refractivity contribution in [3.63, 3.8) is 0 Å². The van der Waals surface area contributed by atoms with Gasteiger partial charge >= 0.3 is 0 Å². The molecule has 1 amide bonds. The molecule has 0 saturated heterocycles. The summed E-state index contributed by atoms with van der Waals surface area (Å²) in [6.45, 7) is 6.19. The fraction of sp³-hybridized carbons (Fsp3) is 0.167. The largest absolute Gasteiger partial charge is 0.460 e. The maximum Gasteiger partial charge on any atom is 0.276 e. The first-order chi connectivity index (χ1) is 15.9. The third-order valence-corrected chi connectivity index (χ3v) is 5.93. The normalized spacial score (nSPS) is 11.2. The topological polar surface area (TPSA) is 102 Å². The van der Waals surface area contributed by atoms with Crippen LogP contribution in [0.15, 0.2) is 51.4 Å². The van der Waals surface area contributed by atoms with Crippen LogP contribution in [0.5, 0.6) is 0 Å². The van der Waals surface area contributed by atoms with E-state index in [9.17, 15) is 10.1 Å². The first-order valence-corrected chi connectivity index (χ1v) is 11.2. The molecule has 0 fully saturated rings. The minimum absolute atomic E-state index is 0.314. The van der Waals surface area contributed by atoms with Crippen LogP contribution in [0.2, 0.25) is 0 Å². The minimum Gasteiger partial charge on any atom is -0.460 e. The maximum atomic E-state index is 13.2. The average molecular weight is 503 g/mol. The molecule has 164 valence electrons. The summed E-state index contributed by atoms with van der Waals surface area (Å²) >= 11 is 3.47. The molecule has 0 aliphatic heterocycles. The predicted molar refractivity (Wildman–Crippen MR) is 129 cm³/mol. The number of carbonyl (C=O) groups excluding carboxylic acids is 1. The van der Waals surface area contributed by atoms with Gasteiger partial charge in [-0.3, -0.25) is 19.4 Å². The van der Waals surface area contributed by atoms with Gasteiger partial charge < -0.3 is 4.42 Å². The Labute approximate surface area is 197 Å². The lowest BCUT2D eigenvalue weighted by Crippen LogP contribution is -2.19. The van der Waals surface area contributed by atoms with Crippen molar-refractivity contribution in [3.05, 3.63) is 69.6 Å². The van der Waals surface area contributed by atoms with Crippen molar-refractivity contribution in [2.24, 2.45) is 0 Å². The van der Waals surface area contributed by atoms with E-state index in [0.29, 0.717) is 40.6 Å². The van der Waals surface area contributed by atoms with Gasteiger partial charge in [-0.25, -0.2) is 4.98 Å². The first kappa shape index (κ1) is 21.0. The van der Waals surface area contributed by atoms with Gasteiger partial charge in [0.15, 0.2) is 5.58 Å². The van der Waals surface area contributed by atoms with Crippen LogP contribution in [0.25, 0.3) is 27.7 Å². The average Bonchev–Trinajstić information content (AvgIpc) is 3.47. The summed E-state index contributed by atoms with van der Waals surface area (Å²) in [5, 5.41) is 17.7. The molecule has 3 aromatic heterocycles. The zero-order chi connectivity index (χ0) is 23.3. The van der Waals surface area contributed by atoms with E-state index in [-0.39, 0.29) is 5.91 Å². The van der Waals surface area contributed by atoms with E-state index in [1.54, 1.807) is 16.8 Å². The molecule has 0 saturated carbocycles. The Hall–Kier alpha value is -3.90. The van der Waals surface area contributed by atoms with Crippen LogP contribution in [0.4, 0.5) is 5.95 Å². The summed E-state index contributed by atoms with van der Waals surface area (Å²) in [6.07, 6.45) is 0. The number of halogens is 1. The summed E-state index contributed by atoms with van der Waals surface area (Å²) in [4.78, 5) is 17.9. The van der Waals surface area contributed by atoms with E-state index in [1.165, 1.54) is 0 Å². The molecule has 0 radical (unpaired) electrons. The number of aryl methyl sites for hydroxylation is 3. The highest BCUT2D eigenvalue weighted by molar-refractivity contribution is 9.10. The van der Waals surface area contributed by atoms with Gasteiger partial charge in [0.05, 0.1) is 22.3 Å². The molecule has 0 aliphatic rings. The lowest BCUT2D eigenvalue weighted by molar-refractivity contribution is 0.101. The highest BCUT2D eigenvalue weighted by atomic mass is 79.9. The van der Waals surface area contributed by atoms with Crippen LogP contribution >= 0.6 is 15.9 Å². The molecule has 9 heteroatoms. The first-order valence-electron chi connectivity index (χ1n) is 10.4. The van der Waals surface area contributed by atoms with E-state index >= 15 is 0 Å². The number of furan rings is 1. The fourth-order valence-electron chi connectivity index (χ4n) is 4.03. The van der Waals surface area contributed by atoms with Crippen LogP contribution in [0, 0.1) is 25.2 Å².